The number of pyridine rings is 1. The number of carbonyl (C=O) groups is 1. The summed E-state index contributed by atoms with van der Waals surface area (Å²) in [6.45, 7) is 1.31. The molecule has 34 heavy (non-hydrogen) atoms. The second-order valence-electron chi connectivity index (χ2n) is 9.33. The Morgan fingerprint density at radius 1 is 1.12 bits per heavy atom. The summed E-state index contributed by atoms with van der Waals surface area (Å²) in [5.41, 5.74) is 3.46. The number of aromatic nitrogens is 3. The zero-order valence-corrected chi connectivity index (χ0v) is 19.1. The van der Waals surface area contributed by atoms with E-state index in [4.69, 9.17) is 9.84 Å². The van der Waals surface area contributed by atoms with Crippen molar-refractivity contribution >= 4 is 11.7 Å². The molecule has 3 aliphatic heterocycles. The van der Waals surface area contributed by atoms with Gasteiger partial charge in [0.1, 0.15) is 18.2 Å². The molecular formula is C25H25F2N5O2. The van der Waals surface area contributed by atoms with Crippen LogP contribution in [0.5, 0.6) is 5.75 Å². The highest BCUT2D eigenvalue weighted by Gasteiger charge is 2.43. The summed E-state index contributed by atoms with van der Waals surface area (Å²) >= 11 is 0. The molecule has 1 saturated heterocycles. The molecule has 2 aromatic heterocycles. The number of likely N-dealkylation sites (N-methyl/N-ethyl adjacent to an activating group) is 1. The molecule has 1 fully saturated rings. The van der Waals surface area contributed by atoms with Crippen LogP contribution in [0.25, 0.3) is 11.3 Å². The standard InChI is InChI=1S/C25H25F2N5O2/c1-30-6-7-34-21-10-15(13-28-24(21)30)25(33)32-18-4-3-5-20(32)22-19(12-18)23(31(2)29-22)14-8-16(26)11-17(27)9-14/h8-11,13,18,20H,3-7,12H2,1-2H3. The van der Waals surface area contributed by atoms with E-state index >= 15 is 0 Å². The topological polar surface area (TPSA) is 63.5 Å². The number of aryl methyl sites for hydroxylation is 1. The molecule has 0 saturated carbocycles. The van der Waals surface area contributed by atoms with E-state index < -0.39 is 11.6 Å². The Kier molecular flexibility index (Phi) is 4.82. The highest BCUT2D eigenvalue weighted by atomic mass is 19.1. The number of nitrogens with zero attached hydrogens (tertiary/aromatic N) is 5. The van der Waals surface area contributed by atoms with Gasteiger partial charge in [-0.15, -0.1) is 0 Å². The number of hydrogen-bond donors (Lipinski definition) is 0. The van der Waals surface area contributed by atoms with Crippen molar-refractivity contribution in [1.82, 2.24) is 19.7 Å². The van der Waals surface area contributed by atoms with Crippen molar-refractivity contribution in [3.63, 3.8) is 0 Å². The Labute approximate surface area is 195 Å². The molecule has 1 amide bonds. The number of hydrogen-bond acceptors (Lipinski definition) is 5. The van der Waals surface area contributed by atoms with Gasteiger partial charge in [0.05, 0.1) is 29.5 Å². The first kappa shape index (κ1) is 21.1. The number of piperidine rings is 1. The first-order valence-corrected chi connectivity index (χ1v) is 11.6. The van der Waals surface area contributed by atoms with E-state index in [0.29, 0.717) is 35.6 Å². The van der Waals surface area contributed by atoms with Crippen molar-refractivity contribution in [2.45, 2.75) is 37.8 Å². The first-order chi connectivity index (χ1) is 16.4. The lowest BCUT2D eigenvalue weighted by Crippen LogP contribution is -2.50. The fourth-order valence-corrected chi connectivity index (χ4v) is 5.70. The van der Waals surface area contributed by atoms with Gasteiger partial charge >= 0.3 is 0 Å². The average Bonchev–Trinajstić information content (AvgIpc) is 3.13. The number of amides is 1. The fraction of sp³-hybridized carbons (Fsp3) is 0.400. The maximum absolute atomic E-state index is 14.0. The minimum atomic E-state index is -0.620. The van der Waals surface area contributed by atoms with E-state index in [9.17, 15) is 13.6 Å². The van der Waals surface area contributed by atoms with Crippen molar-refractivity contribution in [2.75, 3.05) is 25.1 Å². The largest absolute Gasteiger partial charge is 0.488 e. The summed E-state index contributed by atoms with van der Waals surface area (Å²) in [7, 11) is 3.74. The van der Waals surface area contributed by atoms with Crippen LogP contribution in [0.15, 0.2) is 30.5 Å². The summed E-state index contributed by atoms with van der Waals surface area (Å²) < 4.78 is 35.4. The average molecular weight is 466 g/mol. The van der Waals surface area contributed by atoms with Crippen LogP contribution < -0.4 is 9.64 Å². The Morgan fingerprint density at radius 2 is 1.91 bits per heavy atom. The van der Waals surface area contributed by atoms with Crippen LogP contribution in [0, 0.1) is 11.6 Å². The third kappa shape index (κ3) is 3.25. The molecule has 6 rings (SSSR count). The molecular weight excluding hydrogens is 440 g/mol. The van der Waals surface area contributed by atoms with Crippen LogP contribution in [0.2, 0.25) is 0 Å². The zero-order chi connectivity index (χ0) is 23.6. The van der Waals surface area contributed by atoms with Gasteiger partial charge in [-0.1, -0.05) is 0 Å². The van der Waals surface area contributed by atoms with Crippen LogP contribution >= 0.6 is 0 Å². The molecule has 0 spiro atoms. The quantitative estimate of drug-likeness (QED) is 0.575. The summed E-state index contributed by atoms with van der Waals surface area (Å²) in [5.74, 6) is 0.0314. The summed E-state index contributed by atoms with van der Waals surface area (Å²) in [6, 6.07) is 5.13. The third-order valence-electron chi connectivity index (χ3n) is 7.17. The van der Waals surface area contributed by atoms with Crippen molar-refractivity contribution in [3.05, 3.63) is 58.9 Å². The summed E-state index contributed by atoms with van der Waals surface area (Å²) in [6.07, 6.45) is 4.87. The van der Waals surface area contributed by atoms with Gasteiger partial charge in [-0.05, 0) is 43.9 Å². The first-order valence-electron chi connectivity index (χ1n) is 11.6. The van der Waals surface area contributed by atoms with Gasteiger partial charge in [-0.3, -0.25) is 9.48 Å². The lowest BCUT2D eigenvalue weighted by Gasteiger charge is -2.45. The van der Waals surface area contributed by atoms with Crippen LogP contribution in [0.4, 0.5) is 14.6 Å². The van der Waals surface area contributed by atoms with E-state index in [-0.39, 0.29) is 18.0 Å². The van der Waals surface area contributed by atoms with Gasteiger partial charge in [-0.25, -0.2) is 13.8 Å². The van der Waals surface area contributed by atoms with Crippen molar-refractivity contribution < 1.29 is 18.3 Å². The molecule has 3 aromatic rings. The maximum Gasteiger partial charge on any atom is 0.256 e. The van der Waals surface area contributed by atoms with Crippen LogP contribution in [0.1, 0.15) is 46.9 Å². The minimum Gasteiger partial charge on any atom is -0.488 e. The third-order valence-corrected chi connectivity index (χ3v) is 7.17. The lowest BCUT2D eigenvalue weighted by molar-refractivity contribution is 0.0391. The van der Waals surface area contributed by atoms with Gasteiger partial charge in [0.15, 0.2) is 11.6 Å². The fourth-order valence-electron chi connectivity index (χ4n) is 5.70. The predicted octanol–water partition coefficient (Wildman–Crippen LogP) is 3.88. The molecule has 3 aliphatic rings. The number of carbonyl (C=O) groups excluding carboxylic acids is 1. The van der Waals surface area contributed by atoms with Crippen LogP contribution in [-0.2, 0) is 13.5 Å². The number of fused-ring (bicyclic) bond motifs is 5. The molecule has 2 atom stereocenters. The van der Waals surface area contributed by atoms with Crippen molar-refractivity contribution in [2.24, 2.45) is 7.05 Å². The lowest BCUT2D eigenvalue weighted by atomic mass is 9.81. The second-order valence-corrected chi connectivity index (χ2v) is 9.33. The summed E-state index contributed by atoms with van der Waals surface area (Å²) in [5, 5.41) is 4.74. The summed E-state index contributed by atoms with van der Waals surface area (Å²) in [4.78, 5) is 22.2. The van der Waals surface area contributed by atoms with E-state index in [2.05, 4.69) is 4.98 Å². The van der Waals surface area contributed by atoms with Crippen molar-refractivity contribution in [1.29, 1.82) is 0 Å². The Balaban J connectivity index is 1.39. The predicted molar refractivity (Wildman–Crippen MR) is 122 cm³/mol. The number of anilines is 1. The van der Waals surface area contributed by atoms with Gasteiger partial charge in [0, 0.05) is 43.5 Å². The molecule has 0 radical (unpaired) electrons. The van der Waals surface area contributed by atoms with E-state index in [1.807, 2.05) is 16.8 Å². The van der Waals surface area contributed by atoms with Crippen molar-refractivity contribution in [3.8, 4) is 17.0 Å². The molecule has 0 N–H and O–H groups in total. The monoisotopic (exact) mass is 465 g/mol. The molecule has 176 valence electrons. The molecule has 2 bridgehead atoms. The number of benzene rings is 1. The Bertz CT molecular complexity index is 1290. The maximum atomic E-state index is 14.0. The normalized spacial score (nSPS) is 21.1. The SMILES string of the molecule is CN1CCOc2cc(C(=O)N3C4CCCC3c3nn(C)c(-c5cc(F)cc(F)c5)c3C4)cnc21. The highest BCUT2D eigenvalue weighted by molar-refractivity contribution is 5.95. The molecule has 9 heteroatoms. The van der Waals surface area contributed by atoms with Gasteiger partial charge in [-0.2, -0.15) is 5.10 Å². The van der Waals surface area contributed by atoms with Gasteiger partial charge < -0.3 is 14.5 Å². The van der Waals surface area contributed by atoms with Crippen LogP contribution in [-0.4, -0.2) is 51.8 Å². The smallest absolute Gasteiger partial charge is 0.256 e. The van der Waals surface area contributed by atoms with Gasteiger partial charge in [0.2, 0.25) is 0 Å². The number of ether oxygens (including phenoxy) is 1. The molecule has 2 unspecified atom stereocenters. The number of rotatable bonds is 2. The highest BCUT2D eigenvalue weighted by Crippen LogP contribution is 2.45. The van der Waals surface area contributed by atoms with E-state index in [0.717, 1.165) is 48.9 Å². The molecule has 1 aromatic carbocycles. The van der Waals surface area contributed by atoms with Crippen LogP contribution in [0.3, 0.4) is 0 Å². The molecule has 0 aliphatic carbocycles. The molecule has 7 nitrogen and oxygen atoms in total. The van der Waals surface area contributed by atoms with Gasteiger partial charge in [0.25, 0.3) is 5.91 Å². The zero-order valence-electron chi connectivity index (χ0n) is 19.1. The Hall–Kier alpha value is -3.49. The van der Waals surface area contributed by atoms with E-state index in [1.165, 1.54) is 12.1 Å². The number of halogens is 2. The minimum absolute atomic E-state index is 0.0141. The Morgan fingerprint density at radius 3 is 2.71 bits per heavy atom. The molecule has 5 heterocycles. The second kappa shape index (κ2) is 7.78. The van der Waals surface area contributed by atoms with E-state index in [1.54, 1.807) is 24.0 Å².